The summed E-state index contributed by atoms with van der Waals surface area (Å²) in [5, 5.41) is 0. The van der Waals surface area contributed by atoms with Crippen molar-refractivity contribution in [2.45, 2.75) is 6.92 Å². The minimum Gasteiger partial charge on any atom is -0.382 e. The highest BCUT2D eigenvalue weighted by Crippen LogP contribution is 2.38. The molecule has 0 bridgehead atoms. The smallest absolute Gasteiger partial charge is 0.306 e. The van der Waals surface area contributed by atoms with Gasteiger partial charge in [0.2, 0.25) is 0 Å². The second kappa shape index (κ2) is 7.22. The van der Waals surface area contributed by atoms with Gasteiger partial charge in [-0.2, -0.15) is 8.42 Å². The van der Waals surface area contributed by atoms with Crippen LogP contribution in [0.2, 0.25) is 0 Å². The third-order valence-electron chi connectivity index (χ3n) is 3.60. The molecule has 0 aromatic heterocycles. The molecule has 0 aliphatic carbocycles. The summed E-state index contributed by atoms with van der Waals surface area (Å²) in [7, 11) is -3.67. The van der Waals surface area contributed by atoms with Gasteiger partial charge in [0, 0.05) is 5.56 Å². The monoisotopic (exact) mass is 405 g/mol. The number of amides is 1. The molecule has 2 aromatic carbocycles. The summed E-state index contributed by atoms with van der Waals surface area (Å²) >= 11 is 6.54. The summed E-state index contributed by atoms with van der Waals surface area (Å²) < 4.78 is 28.3. The molecule has 1 saturated heterocycles. The predicted molar refractivity (Wildman–Crippen MR) is 109 cm³/mol. The lowest BCUT2D eigenvalue weighted by molar-refractivity contribution is -0.113. The second-order valence-electron chi connectivity index (χ2n) is 5.63. The lowest BCUT2D eigenvalue weighted by Crippen LogP contribution is -2.28. The van der Waals surface area contributed by atoms with Gasteiger partial charge in [0.1, 0.15) is 5.75 Å². The highest BCUT2D eigenvalue weighted by Gasteiger charge is 2.34. The maximum atomic E-state index is 12.9. The molecule has 0 atom stereocenters. The van der Waals surface area contributed by atoms with Crippen molar-refractivity contribution in [3.05, 3.63) is 64.6 Å². The van der Waals surface area contributed by atoms with E-state index < -0.39 is 10.1 Å². The molecule has 2 aromatic rings. The Bertz CT molecular complexity index is 1030. The van der Waals surface area contributed by atoms with Gasteiger partial charge >= 0.3 is 10.1 Å². The summed E-state index contributed by atoms with van der Waals surface area (Å²) in [5.74, 6) is -0.0837. The Morgan fingerprint density at radius 2 is 1.77 bits per heavy atom. The van der Waals surface area contributed by atoms with Crippen LogP contribution in [-0.2, 0) is 14.9 Å². The van der Waals surface area contributed by atoms with Crippen LogP contribution in [0.15, 0.2) is 53.4 Å². The summed E-state index contributed by atoms with van der Waals surface area (Å²) in [6, 6.07) is 14.1. The van der Waals surface area contributed by atoms with Crippen LogP contribution in [0, 0.1) is 6.92 Å². The molecule has 0 unspecified atom stereocenters. The van der Waals surface area contributed by atoms with E-state index in [0.29, 0.717) is 14.8 Å². The molecule has 5 nitrogen and oxygen atoms in total. The maximum absolute atomic E-state index is 12.9. The Labute approximate surface area is 161 Å². The van der Waals surface area contributed by atoms with Crippen LogP contribution >= 0.6 is 24.0 Å². The van der Waals surface area contributed by atoms with Gasteiger partial charge in [-0.05, 0) is 30.7 Å². The summed E-state index contributed by atoms with van der Waals surface area (Å²) in [6.45, 7) is 1.91. The fraction of sp³-hybridized carbons (Fsp3) is 0.111. The summed E-state index contributed by atoms with van der Waals surface area (Å²) in [4.78, 5) is 14.8. The molecular weight excluding hydrogens is 390 g/mol. The number of carbonyl (C=O) groups excluding carboxylic acids is 1. The van der Waals surface area contributed by atoms with Crippen molar-refractivity contribution in [3.63, 3.8) is 0 Å². The van der Waals surface area contributed by atoms with Gasteiger partial charge in [-0.1, -0.05) is 60.4 Å². The molecule has 26 heavy (non-hydrogen) atoms. The third kappa shape index (κ3) is 3.98. The zero-order valence-corrected chi connectivity index (χ0v) is 16.5. The van der Waals surface area contributed by atoms with Crippen LogP contribution < -0.4 is 9.08 Å². The number of benzene rings is 2. The predicted octanol–water partition coefficient (Wildman–Crippen LogP) is 3.74. The Morgan fingerprint density at radius 1 is 1.12 bits per heavy atom. The van der Waals surface area contributed by atoms with Gasteiger partial charge in [-0.15, -0.1) is 0 Å². The lowest BCUT2D eigenvalue weighted by Gasteiger charge is -2.16. The van der Waals surface area contributed by atoms with Crippen molar-refractivity contribution >= 4 is 56.1 Å². The van der Waals surface area contributed by atoms with Gasteiger partial charge in [-0.25, -0.2) is 0 Å². The Hall–Kier alpha value is -2.16. The van der Waals surface area contributed by atoms with Gasteiger partial charge in [0.25, 0.3) is 5.91 Å². The van der Waals surface area contributed by atoms with Crippen LogP contribution in [0.1, 0.15) is 11.1 Å². The first kappa shape index (κ1) is 18.6. The first-order chi connectivity index (χ1) is 12.3. The number of nitrogens with zero attached hydrogens (tertiary/aromatic N) is 1. The van der Waals surface area contributed by atoms with Gasteiger partial charge < -0.3 is 4.18 Å². The first-order valence-corrected chi connectivity index (χ1v) is 10.6. The SMILES string of the molecule is Cc1ccccc1N1C(=O)/C(=C\c2ccccc2OS(C)(=O)=O)SC1=S. The zero-order chi connectivity index (χ0) is 18.9. The number of carbonyl (C=O) groups is 1. The number of anilines is 1. The van der Waals surface area contributed by atoms with Gasteiger partial charge in [-0.3, -0.25) is 9.69 Å². The molecule has 0 spiro atoms. The van der Waals surface area contributed by atoms with Crippen LogP contribution in [-0.4, -0.2) is 24.9 Å². The molecule has 1 fully saturated rings. The summed E-state index contributed by atoms with van der Waals surface area (Å²) in [6.07, 6.45) is 2.57. The van der Waals surface area contributed by atoms with Gasteiger partial charge in [0.15, 0.2) is 4.32 Å². The average Bonchev–Trinajstić information content (AvgIpc) is 2.83. The molecule has 1 aliphatic heterocycles. The molecule has 0 radical (unpaired) electrons. The number of aryl methyl sites for hydroxylation is 1. The van der Waals surface area contributed by atoms with Gasteiger partial charge in [0.05, 0.1) is 16.8 Å². The molecule has 1 heterocycles. The topological polar surface area (TPSA) is 63.7 Å². The fourth-order valence-corrected chi connectivity index (χ4v) is 4.22. The minimum absolute atomic E-state index is 0.163. The lowest BCUT2D eigenvalue weighted by atomic mass is 10.1. The van der Waals surface area contributed by atoms with E-state index in [1.165, 1.54) is 22.7 Å². The number of hydrogen-bond acceptors (Lipinski definition) is 6. The normalized spacial score (nSPS) is 16.4. The van der Waals surface area contributed by atoms with Crippen molar-refractivity contribution in [2.24, 2.45) is 0 Å². The van der Waals surface area contributed by atoms with E-state index in [2.05, 4.69) is 0 Å². The van der Waals surface area contributed by atoms with Crippen LogP contribution in [0.25, 0.3) is 6.08 Å². The van der Waals surface area contributed by atoms with Crippen molar-refractivity contribution in [1.29, 1.82) is 0 Å². The molecule has 0 saturated carbocycles. The molecule has 3 rings (SSSR count). The van der Waals surface area contributed by atoms with Crippen molar-refractivity contribution in [3.8, 4) is 5.75 Å². The molecular formula is C18H15NO4S3. The van der Waals surface area contributed by atoms with Crippen molar-refractivity contribution in [2.75, 3.05) is 11.2 Å². The van der Waals surface area contributed by atoms with E-state index in [9.17, 15) is 13.2 Å². The van der Waals surface area contributed by atoms with E-state index in [1.807, 2.05) is 31.2 Å². The quantitative estimate of drug-likeness (QED) is 0.439. The number of rotatable bonds is 4. The number of thiocarbonyl (C=S) groups is 1. The highest BCUT2D eigenvalue weighted by atomic mass is 32.2. The van der Waals surface area contributed by atoms with Crippen LogP contribution in [0.5, 0.6) is 5.75 Å². The van der Waals surface area contributed by atoms with Crippen molar-refractivity contribution in [1.82, 2.24) is 0 Å². The molecule has 1 aliphatic rings. The average molecular weight is 406 g/mol. The fourth-order valence-electron chi connectivity index (χ4n) is 2.47. The Kier molecular flexibility index (Phi) is 5.17. The first-order valence-electron chi connectivity index (χ1n) is 7.58. The van der Waals surface area contributed by atoms with E-state index in [1.54, 1.807) is 24.3 Å². The Morgan fingerprint density at radius 3 is 2.46 bits per heavy atom. The van der Waals surface area contributed by atoms with Crippen molar-refractivity contribution < 1.29 is 17.4 Å². The number of hydrogen-bond donors (Lipinski definition) is 0. The molecule has 1 amide bonds. The molecule has 0 N–H and O–H groups in total. The second-order valence-corrected chi connectivity index (χ2v) is 8.88. The molecule has 134 valence electrons. The maximum Gasteiger partial charge on any atom is 0.306 e. The zero-order valence-electron chi connectivity index (χ0n) is 14.0. The van der Waals surface area contributed by atoms with E-state index >= 15 is 0 Å². The minimum atomic E-state index is -3.67. The molecule has 8 heteroatoms. The largest absolute Gasteiger partial charge is 0.382 e. The highest BCUT2D eigenvalue weighted by molar-refractivity contribution is 8.27. The summed E-state index contributed by atoms with van der Waals surface area (Å²) in [5.41, 5.74) is 2.16. The van der Waals surface area contributed by atoms with Crippen LogP contribution in [0.4, 0.5) is 5.69 Å². The van der Waals surface area contributed by atoms with E-state index in [4.69, 9.17) is 16.4 Å². The number of para-hydroxylation sites is 2. The Balaban J connectivity index is 1.98. The van der Waals surface area contributed by atoms with E-state index in [0.717, 1.165) is 17.5 Å². The standard InChI is InChI=1S/C18H15NO4S3/c1-12-7-3-5-9-14(12)19-17(20)16(25-18(19)24)11-13-8-4-6-10-15(13)23-26(2,21)22/h3-11H,1-2H3/b16-11+. The third-order valence-corrected chi connectivity index (χ3v) is 5.38. The van der Waals surface area contributed by atoms with E-state index in [-0.39, 0.29) is 11.7 Å². The number of thioether (sulfide) groups is 1. The van der Waals surface area contributed by atoms with Crippen LogP contribution in [0.3, 0.4) is 0 Å².